The smallest absolute Gasteiger partial charge is 0.262 e. The van der Waals surface area contributed by atoms with E-state index >= 15 is 0 Å². The number of anilines is 1. The highest BCUT2D eigenvalue weighted by atomic mass is 32.1. The molecule has 0 fully saturated rings. The SMILES string of the molecule is CCc1nnc(NC(=O)C(C)n2cnc3sc(-c4ccccc4)cc3c2=O)s1. The van der Waals surface area contributed by atoms with Gasteiger partial charge < -0.3 is 0 Å². The van der Waals surface area contributed by atoms with Gasteiger partial charge in [0.25, 0.3) is 5.56 Å². The number of nitrogens with zero attached hydrogens (tertiary/aromatic N) is 4. The molecule has 4 rings (SSSR count). The zero-order valence-corrected chi connectivity index (χ0v) is 16.9. The Kier molecular flexibility index (Phi) is 5.01. The topological polar surface area (TPSA) is 89.8 Å². The Morgan fingerprint density at radius 1 is 1.21 bits per heavy atom. The van der Waals surface area contributed by atoms with E-state index < -0.39 is 6.04 Å². The maximum absolute atomic E-state index is 12.9. The Morgan fingerprint density at radius 2 is 2.00 bits per heavy atom. The van der Waals surface area contributed by atoms with Gasteiger partial charge in [-0.25, -0.2) is 4.98 Å². The molecule has 0 saturated carbocycles. The highest BCUT2D eigenvalue weighted by Crippen LogP contribution is 2.30. The zero-order valence-electron chi connectivity index (χ0n) is 15.2. The summed E-state index contributed by atoms with van der Waals surface area (Å²) in [5.41, 5.74) is 0.794. The fraction of sp³-hybridized carbons (Fsp3) is 0.211. The van der Waals surface area contributed by atoms with E-state index in [4.69, 9.17) is 0 Å². The second-order valence-corrected chi connectivity index (χ2v) is 8.26. The van der Waals surface area contributed by atoms with Crippen molar-refractivity contribution in [2.45, 2.75) is 26.3 Å². The van der Waals surface area contributed by atoms with E-state index in [0.29, 0.717) is 15.3 Å². The number of carbonyl (C=O) groups excluding carboxylic acids is 1. The number of aryl methyl sites for hydroxylation is 1. The van der Waals surface area contributed by atoms with Gasteiger partial charge in [-0.2, -0.15) is 0 Å². The number of rotatable bonds is 5. The Balaban J connectivity index is 1.63. The van der Waals surface area contributed by atoms with Gasteiger partial charge in [-0.1, -0.05) is 48.6 Å². The number of aromatic nitrogens is 4. The molecule has 0 aliphatic rings. The van der Waals surface area contributed by atoms with Gasteiger partial charge in [0.1, 0.15) is 15.9 Å². The summed E-state index contributed by atoms with van der Waals surface area (Å²) < 4.78 is 1.35. The lowest BCUT2D eigenvalue weighted by atomic mass is 10.2. The summed E-state index contributed by atoms with van der Waals surface area (Å²) in [6, 6.07) is 11.0. The summed E-state index contributed by atoms with van der Waals surface area (Å²) in [5, 5.41) is 12.4. The van der Waals surface area contributed by atoms with E-state index in [9.17, 15) is 9.59 Å². The fourth-order valence-corrected chi connectivity index (χ4v) is 4.42. The van der Waals surface area contributed by atoms with E-state index in [1.54, 1.807) is 6.92 Å². The lowest BCUT2D eigenvalue weighted by Gasteiger charge is -2.13. The molecule has 3 heterocycles. The molecule has 1 unspecified atom stereocenters. The van der Waals surface area contributed by atoms with E-state index in [1.807, 2.05) is 43.3 Å². The molecule has 1 aromatic carbocycles. The Labute approximate surface area is 168 Å². The van der Waals surface area contributed by atoms with E-state index in [-0.39, 0.29) is 11.5 Å². The molecular formula is C19H17N5O2S2. The third kappa shape index (κ3) is 3.46. The lowest BCUT2D eigenvalue weighted by Crippen LogP contribution is -2.31. The van der Waals surface area contributed by atoms with Crippen molar-refractivity contribution in [1.82, 2.24) is 19.7 Å². The van der Waals surface area contributed by atoms with Crippen molar-refractivity contribution >= 4 is 43.9 Å². The van der Waals surface area contributed by atoms with Crippen LogP contribution >= 0.6 is 22.7 Å². The molecule has 0 spiro atoms. The first-order chi connectivity index (χ1) is 13.6. The van der Waals surface area contributed by atoms with Gasteiger partial charge in [0.2, 0.25) is 11.0 Å². The molecule has 142 valence electrons. The minimum absolute atomic E-state index is 0.238. The molecule has 3 aromatic heterocycles. The Morgan fingerprint density at radius 3 is 2.71 bits per heavy atom. The third-order valence-corrected chi connectivity index (χ3v) is 6.41. The van der Waals surface area contributed by atoms with Gasteiger partial charge in [-0.05, 0) is 25.0 Å². The van der Waals surface area contributed by atoms with Gasteiger partial charge in [-0.15, -0.1) is 21.5 Å². The first-order valence-electron chi connectivity index (χ1n) is 8.76. The van der Waals surface area contributed by atoms with Crippen molar-refractivity contribution in [3.63, 3.8) is 0 Å². The van der Waals surface area contributed by atoms with Crippen LogP contribution in [0.2, 0.25) is 0 Å². The number of amides is 1. The van der Waals surface area contributed by atoms with Gasteiger partial charge in [-0.3, -0.25) is 19.5 Å². The largest absolute Gasteiger partial charge is 0.299 e. The molecule has 0 saturated heterocycles. The summed E-state index contributed by atoms with van der Waals surface area (Å²) in [6.07, 6.45) is 2.18. The number of thiophene rings is 1. The van der Waals surface area contributed by atoms with Crippen LogP contribution in [-0.4, -0.2) is 25.7 Å². The second-order valence-electron chi connectivity index (χ2n) is 6.17. The molecule has 0 bridgehead atoms. The zero-order chi connectivity index (χ0) is 19.7. The van der Waals surface area contributed by atoms with Crippen molar-refractivity contribution in [2.24, 2.45) is 0 Å². The average molecular weight is 412 g/mol. The molecule has 0 radical (unpaired) electrons. The number of nitrogens with one attached hydrogen (secondary N) is 1. The van der Waals surface area contributed by atoms with Crippen LogP contribution in [-0.2, 0) is 11.2 Å². The summed E-state index contributed by atoms with van der Waals surface area (Å²) in [7, 11) is 0. The molecule has 0 aliphatic carbocycles. The normalized spacial score (nSPS) is 12.2. The second kappa shape index (κ2) is 7.61. The molecule has 1 atom stereocenters. The minimum atomic E-state index is -0.724. The highest BCUT2D eigenvalue weighted by molar-refractivity contribution is 7.21. The van der Waals surface area contributed by atoms with Gasteiger partial charge in [0, 0.05) is 4.88 Å². The van der Waals surface area contributed by atoms with Crippen LogP contribution in [0.3, 0.4) is 0 Å². The number of hydrogen-bond acceptors (Lipinski definition) is 7. The predicted molar refractivity (Wildman–Crippen MR) is 112 cm³/mol. The summed E-state index contributed by atoms with van der Waals surface area (Å²) in [5.74, 6) is -0.333. The highest BCUT2D eigenvalue weighted by Gasteiger charge is 2.20. The van der Waals surface area contributed by atoms with Crippen molar-refractivity contribution < 1.29 is 4.79 Å². The van der Waals surface area contributed by atoms with E-state index in [1.165, 1.54) is 33.6 Å². The first kappa shape index (κ1) is 18.5. The number of hydrogen-bond donors (Lipinski definition) is 1. The fourth-order valence-electron chi connectivity index (χ4n) is 2.74. The van der Waals surface area contributed by atoms with E-state index in [0.717, 1.165) is 21.9 Å². The molecule has 28 heavy (non-hydrogen) atoms. The van der Waals surface area contributed by atoms with Crippen LogP contribution in [0.5, 0.6) is 0 Å². The lowest BCUT2D eigenvalue weighted by molar-refractivity contribution is -0.118. The van der Waals surface area contributed by atoms with Gasteiger partial charge in [0.15, 0.2) is 0 Å². The van der Waals surface area contributed by atoms with Crippen molar-refractivity contribution in [3.05, 3.63) is 58.1 Å². The molecule has 9 heteroatoms. The van der Waals surface area contributed by atoms with Crippen molar-refractivity contribution in [2.75, 3.05) is 5.32 Å². The minimum Gasteiger partial charge on any atom is -0.299 e. The van der Waals surface area contributed by atoms with Crippen LogP contribution in [0.15, 0.2) is 47.5 Å². The Bertz CT molecular complexity index is 1200. The summed E-state index contributed by atoms with van der Waals surface area (Å²) in [6.45, 7) is 3.64. The maximum Gasteiger partial charge on any atom is 0.262 e. The predicted octanol–water partition coefficient (Wildman–Crippen LogP) is 3.74. The molecule has 4 aromatic rings. The summed E-state index contributed by atoms with van der Waals surface area (Å²) >= 11 is 2.79. The third-order valence-electron chi connectivity index (χ3n) is 4.33. The molecule has 7 nitrogen and oxygen atoms in total. The van der Waals surface area contributed by atoms with Crippen LogP contribution < -0.4 is 10.9 Å². The summed E-state index contributed by atoms with van der Waals surface area (Å²) in [4.78, 5) is 31.5. The number of benzene rings is 1. The van der Waals surface area contributed by atoms with Crippen molar-refractivity contribution in [3.8, 4) is 10.4 Å². The molecule has 0 aliphatic heterocycles. The quantitative estimate of drug-likeness (QED) is 0.540. The molecular weight excluding hydrogens is 394 g/mol. The molecule has 1 N–H and O–H groups in total. The van der Waals surface area contributed by atoms with Crippen LogP contribution in [0.1, 0.15) is 24.9 Å². The monoisotopic (exact) mass is 411 g/mol. The van der Waals surface area contributed by atoms with Crippen LogP contribution in [0.4, 0.5) is 5.13 Å². The van der Waals surface area contributed by atoms with Gasteiger partial charge in [0.05, 0.1) is 11.7 Å². The van der Waals surface area contributed by atoms with Crippen LogP contribution in [0, 0.1) is 0 Å². The Hall–Kier alpha value is -2.91. The average Bonchev–Trinajstić information content (AvgIpc) is 3.35. The van der Waals surface area contributed by atoms with E-state index in [2.05, 4.69) is 20.5 Å². The van der Waals surface area contributed by atoms with Crippen LogP contribution in [0.25, 0.3) is 20.7 Å². The van der Waals surface area contributed by atoms with Gasteiger partial charge >= 0.3 is 0 Å². The standard InChI is InChI=1S/C19H17N5O2S2/c1-3-15-22-23-19(28-15)21-16(25)11(2)24-10-20-17-13(18(24)26)9-14(27-17)12-7-5-4-6-8-12/h4-11H,3H2,1-2H3,(H,21,23,25). The maximum atomic E-state index is 12.9. The number of fused-ring (bicyclic) bond motifs is 1. The number of carbonyl (C=O) groups is 1. The first-order valence-corrected chi connectivity index (χ1v) is 10.4. The van der Waals surface area contributed by atoms with Crippen molar-refractivity contribution in [1.29, 1.82) is 0 Å². The molecule has 1 amide bonds.